The van der Waals surface area contributed by atoms with Crippen LogP contribution in [-0.2, 0) is 16.4 Å². The number of aryl methyl sites for hydroxylation is 1. The maximum absolute atomic E-state index is 12.7. The summed E-state index contributed by atoms with van der Waals surface area (Å²) in [6, 6.07) is 5.30. The number of carbonyl (C=O) groups excluding carboxylic acids is 1. The van der Waals surface area contributed by atoms with Gasteiger partial charge < -0.3 is 11.1 Å². The fraction of sp³-hybridized carbons (Fsp3) is 0.632. The minimum atomic E-state index is -3.29. The lowest BCUT2D eigenvalue weighted by atomic mass is 9.84. The van der Waals surface area contributed by atoms with E-state index in [0.717, 1.165) is 31.2 Å². The van der Waals surface area contributed by atoms with Crippen LogP contribution < -0.4 is 15.4 Å². The Morgan fingerprint density at radius 1 is 1.26 bits per heavy atom. The lowest BCUT2D eigenvalue weighted by Crippen LogP contribution is -2.46. The maximum atomic E-state index is 12.7. The van der Waals surface area contributed by atoms with Crippen LogP contribution in [0.25, 0.3) is 0 Å². The van der Waals surface area contributed by atoms with Crippen LogP contribution in [0.4, 0.5) is 5.69 Å². The van der Waals surface area contributed by atoms with E-state index in [9.17, 15) is 13.2 Å². The Bertz CT molecular complexity index is 763. The SMILES string of the molecule is CS(=O)(=O)N1CCCc2cc(C(=O)NC(CN)C3CCCCC3)ccc21.Cl. The molecule has 1 aromatic rings. The molecule has 152 valence electrons. The summed E-state index contributed by atoms with van der Waals surface area (Å²) in [5.41, 5.74) is 8.10. The highest BCUT2D eigenvalue weighted by molar-refractivity contribution is 7.92. The van der Waals surface area contributed by atoms with Crippen LogP contribution in [0.1, 0.15) is 54.4 Å². The molecule has 1 atom stereocenters. The topological polar surface area (TPSA) is 92.5 Å². The van der Waals surface area contributed by atoms with Crippen molar-refractivity contribution < 1.29 is 13.2 Å². The Morgan fingerprint density at radius 3 is 2.59 bits per heavy atom. The molecule has 1 heterocycles. The highest BCUT2D eigenvalue weighted by Gasteiger charge is 2.27. The fourth-order valence-electron chi connectivity index (χ4n) is 4.21. The van der Waals surface area contributed by atoms with E-state index in [2.05, 4.69) is 5.32 Å². The lowest BCUT2D eigenvalue weighted by Gasteiger charge is -2.31. The van der Waals surface area contributed by atoms with Crippen LogP contribution in [-0.4, -0.2) is 39.7 Å². The second-order valence-corrected chi connectivity index (χ2v) is 9.40. The van der Waals surface area contributed by atoms with Crippen LogP contribution in [0, 0.1) is 5.92 Å². The van der Waals surface area contributed by atoms with Gasteiger partial charge in [-0.25, -0.2) is 8.42 Å². The molecule has 1 fully saturated rings. The number of amides is 1. The maximum Gasteiger partial charge on any atom is 0.251 e. The van der Waals surface area contributed by atoms with E-state index in [4.69, 9.17) is 5.73 Å². The van der Waals surface area contributed by atoms with Crippen molar-refractivity contribution in [1.29, 1.82) is 0 Å². The molecule has 1 saturated carbocycles. The number of nitrogens with two attached hydrogens (primary N) is 1. The second-order valence-electron chi connectivity index (χ2n) is 7.50. The molecule has 0 saturated heterocycles. The van der Waals surface area contributed by atoms with Crippen LogP contribution in [0.2, 0.25) is 0 Å². The lowest BCUT2D eigenvalue weighted by molar-refractivity contribution is 0.0915. The summed E-state index contributed by atoms with van der Waals surface area (Å²) in [5, 5.41) is 3.11. The average molecular weight is 416 g/mol. The monoisotopic (exact) mass is 415 g/mol. The number of fused-ring (bicyclic) bond motifs is 1. The predicted octanol–water partition coefficient (Wildman–Crippen LogP) is 2.46. The van der Waals surface area contributed by atoms with Gasteiger partial charge in [-0.1, -0.05) is 19.3 Å². The normalized spacial score (nSPS) is 19.0. The quantitative estimate of drug-likeness (QED) is 0.772. The van der Waals surface area contributed by atoms with Crippen molar-refractivity contribution in [3.63, 3.8) is 0 Å². The number of hydrogen-bond acceptors (Lipinski definition) is 4. The largest absolute Gasteiger partial charge is 0.348 e. The number of hydrogen-bond donors (Lipinski definition) is 2. The molecule has 0 bridgehead atoms. The number of nitrogens with zero attached hydrogens (tertiary/aromatic N) is 1. The standard InChI is InChI=1S/C19H29N3O3S.ClH/c1-26(24,25)22-11-5-8-15-12-16(9-10-18(15)22)19(23)21-17(13-20)14-6-3-2-4-7-14;/h9-10,12,14,17H,2-8,11,13,20H2,1H3,(H,21,23);1H. The molecule has 0 aromatic heterocycles. The van der Waals surface area contributed by atoms with Gasteiger partial charge in [0.2, 0.25) is 10.0 Å². The van der Waals surface area contributed by atoms with Gasteiger partial charge in [-0.15, -0.1) is 12.4 Å². The van der Waals surface area contributed by atoms with Crippen molar-refractivity contribution in [3.8, 4) is 0 Å². The summed E-state index contributed by atoms with van der Waals surface area (Å²) in [7, 11) is -3.29. The number of halogens is 1. The Kier molecular flexibility index (Phi) is 7.54. The van der Waals surface area contributed by atoms with Gasteiger partial charge in [0, 0.05) is 24.7 Å². The molecule has 3 rings (SSSR count). The van der Waals surface area contributed by atoms with Gasteiger partial charge in [-0.05, 0) is 55.4 Å². The average Bonchev–Trinajstić information content (AvgIpc) is 2.64. The Morgan fingerprint density at radius 2 is 1.96 bits per heavy atom. The van der Waals surface area contributed by atoms with Gasteiger partial charge in [0.1, 0.15) is 0 Å². The van der Waals surface area contributed by atoms with Gasteiger partial charge in [0.05, 0.1) is 11.9 Å². The molecule has 1 amide bonds. The Labute approximate surface area is 168 Å². The molecule has 1 aromatic carbocycles. The Hall–Kier alpha value is -1.31. The fourth-order valence-corrected chi connectivity index (χ4v) is 5.20. The summed E-state index contributed by atoms with van der Waals surface area (Å²) in [4.78, 5) is 12.7. The third-order valence-electron chi connectivity index (χ3n) is 5.61. The van der Waals surface area contributed by atoms with E-state index in [-0.39, 0.29) is 24.4 Å². The number of benzene rings is 1. The van der Waals surface area contributed by atoms with Crippen molar-refractivity contribution in [2.45, 2.75) is 51.0 Å². The first kappa shape index (κ1) is 22.0. The van der Waals surface area contributed by atoms with Crippen molar-refractivity contribution >= 4 is 34.0 Å². The summed E-state index contributed by atoms with van der Waals surface area (Å²) >= 11 is 0. The van der Waals surface area contributed by atoms with Crippen molar-refractivity contribution in [2.24, 2.45) is 11.7 Å². The third-order valence-corrected chi connectivity index (χ3v) is 6.79. The molecular formula is C19H30ClN3O3S. The predicted molar refractivity (Wildman–Crippen MR) is 111 cm³/mol. The number of rotatable bonds is 5. The number of nitrogens with one attached hydrogen (secondary N) is 1. The van der Waals surface area contributed by atoms with E-state index >= 15 is 0 Å². The molecule has 1 unspecified atom stereocenters. The van der Waals surface area contributed by atoms with Crippen LogP contribution in [0.5, 0.6) is 0 Å². The van der Waals surface area contributed by atoms with E-state index in [1.807, 2.05) is 6.07 Å². The van der Waals surface area contributed by atoms with Gasteiger partial charge >= 0.3 is 0 Å². The van der Waals surface area contributed by atoms with Gasteiger partial charge in [0.25, 0.3) is 5.91 Å². The van der Waals surface area contributed by atoms with Gasteiger partial charge in [-0.2, -0.15) is 0 Å². The summed E-state index contributed by atoms with van der Waals surface area (Å²) in [6.45, 7) is 0.942. The summed E-state index contributed by atoms with van der Waals surface area (Å²) < 4.78 is 25.3. The number of sulfonamides is 1. The number of anilines is 1. The highest BCUT2D eigenvalue weighted by Crippen LogP contribution is 2.30. The summed E-state index contributed by atoms with van der Waals surface area (Å²) in [6.07, 6.45) is 8.69. The number of carbonyl (C=O) groups is 1. The molecule has 1 aliphatic heterocycles. The molecular weight excluding hydrogens is 386 g/mol. The van der Waals surface area contributed by atoms with Crippen molar-refractivity contribution in [1.82, 2.24) is 5.32 Å². The second kappa shape index (κ2) is 9.26. The molecule has 0 radical (unpaired) electrons. The molecule has 6 nitrogen and oxygen atoms in total. The molecule has 3 N–H and O–H groups in total. The van der Waals surface area contributed by atoms with E-state index < -0.39 is 10.0 Å². The van der Waals surface area contributed by atoms with Crippen LogP contribution >= 0.6 is 12.4 Å². The molecule has 27 heavy (non-hydrogen) atoms. The van der Waals surface area contributed by atoms with E-state index in [1.165, 1.54) is 29.8 Å². The zero-order valence-electron chi connectivity index (χ0n) is 15.8. The first-order valence-corrected chi connectivity index (χ1v) is 11.4. The molecule has 0 spiro atoms. The van der Waals surface area contributed by atoms with E-state index in [0.29, 0.717) is 30.3 Å². The zero-order valence-corrected chi connectivity index (χ0v) is 17.4. The Balaban J connectivity index is 0.00000261. The summed E-state index contributed by atoms with van der Waals surface area (Å²) in [5.74, 6) is 0.335. The van der Waals surface area contributed by atoms with Crippen molar-refractivity contribution in [3.05, 3.63) is 29.3 Å². The molecule has 2 aliphatic rings. The van der Waals surface area contributed by atoms with Crippen LogP contribution in [0.15, 0.2) is 18.2 Å². The molecule has 1 aliphatic carbocycles. The smallest absolute Gasteiger partial charge is 0.251 e. The molecule has 8 heteroatoms. The van der Waals surface area contributed by atoms with Crippen LogP contribution in [0.3, 0.4) is 0 Å². The first-order valence-electron chi connectivity index (χ1n) is 9.51. The minimum Gasteiger partial charge on any atom is -0.348 e. The van der Waals surface area contributed by atoms with E-state index in [1.54, 1.807) is 12.1 Å². The van der Waals surface area contributed by atoms with Gasteiger partial charge in [0.15, 0.2) is 0 Å². The highest BCUT2D eigenvalue weighted by atomic mass is 35.5. The minimum absolute atomic E-state index is 0. The zero-order chi connectivity index (χ0) is 18.7. The van der Waals surface area contributed by atoms with Gasteiger partial charge in [-0.3, -0.25) is 9.10 Å². The first-order chi connectivity index (χ1) is 12.4. The van der Waals surface area contributed by atoms with Crippen molar-refractivity contribution in [2.75, 3.05) is 23.7 Å². The third kappa shape index (κ3) is 5.15.